The molecule has 1 aromatic carbocycles. The van der Waals surface area contributed by atoms with E-state index in [1.165, 1.54) is 5.56 Å². The summed E-state index contributed by atoms with van der Waals surface area (Å²) in [5, 5.41) is 3.42. The van der Waals surface area contributed by atoms with Gasteiger partial charge in [-0.2, -0.15) is 0 Å². The van der Waals surface area contributed by atoms with E-state index in [1.807, 2.05) is 24.3 Å². The van der Waals surface area contributed by atoms with Crippen molar-refractivity contribution in [3.63, 3.8) is 0 Å². The Labute approximate surface area is 118 Å². The topological polar surface area (TPSA) is 25.2 Å². The Hall–Kier alpha value is -0.580. The Bertz CT molecular complexity index is 496. The lowest BCUT2D eigenvalue weighted by Gasteiger charge is -2.14. The molecule has 0 unspecified atom stereocenters. The van der Waals surface area contributed by atoms with Crippen LogP contribution in [0.15, 0.2) is 50.0 Å². The first-order chi connectivity index (χ1) is 8.16. The van der Waals surface area contributed by atoms with E-state index in [0.717, 1.165) is 14.9 Å². The molecule has 90 valence electrons. The first-order valence-electron chi connectivity index (χ1n) is 5.39. The van der Waals surface area contributed by atoms with E-state index in [9.17, 15) is 0 Å². The fraction of sp³-hybridized carbons (Fsp3) is 0.231. The van der Waals surface area contributed by atoms with Gasteiger partial charge in [-0.3, -0.25) is 0 Å². The molecule has 0 radical (unpaired) electrons. The molecule has 17 heavy (non-hydrogen) atoms. The highest BCUT2D eigenvalue weighted by Crippen LogP contribution is 2.23. The Morgan fingerprint density at radius 3 is 2.59 bits per heavy atom. The molecule has 1 aromatic heterocycles. The number of halogens is 2. The van der Waals surface area contributed by atoms with Gasteiger partial charge in [0.25, 0.3) is 0 Å². The third-order valence-electron chi connectivity index (χ3n) is 2.58. The molecule has 2 aromatic rings. The highest BCUT2D eigenvalue weighted by molar-refractivity contribution is 9.10. The van der Waals surface area contributed by atoms with Gasteiger partial charge in [0.2, 0.25) is 0 Å². The van der Waals surface area contributed by atoms with Crippen LogP contribution in [0.25, 0.3) is 0 Å². The van der Waals surface area contributed by atoms with Gasteiger partial charge in [0.1, 0.15) is 5.76 Å². The van der Waals surface area contributed by atoms with Crippen molar-refractivity contribution in [3.8, 4) is 0 Å². The fourth-order valence-electron chi connectivity index (χ4n) is 1.64. The van der Waals surface area contributed by atoms with Crippen molar-refractivity contribution in [1.29, 1.82) is 0 Å². The Balaban J connectivity index is 1.98. The molecule has 2 rings (SSSR count). The third kappa shape index (κ3) is 3.44. The van der Waals surface area contributed by atoms with Gasteiger partial charge in [0.05, 0.1) is 6.54 Å². The zero-order valence-electron chi connectivity index (χ0n) is 9.41. The van der Waals surface area contributed by atoms with Crippen molar-refractivity contribution in [3.05, 3.63) is 56.9 Å². The largest absolute Gasteiger partial charge is 0.453 e. The van der Waals surface area contributed by atoms with E-state index in [2.05, 4.69) is 56.2 Å². The average Bonchev–Trinajstić information content (AvgIpc) is 2.73. The average molecular weight is 359 g/mol. The van der Waals surface area contributed by atoms with E-state index >= 15 is 0 Å². The van der Waals surface area contributed by atoms with E-state index in [0.29, 0.717) is 6.54 Å². The molecule has 0 saturated heterocycles. The molecule has 1 N–H and O–H groups in total. The number of rotatable bonds is 4. The molecule has 0 amide bonds. The van der Waals surface area contributed by atoms with Crippen molar-refractivity contribution in [1.82, 2.24) is 5.32 Å². The summed E-state index contributed by atoms with van der Waals surface area (Å²) in [6.45, 7) is 2.85. The predicted molar refractivity (Wildman–Crippen MR) is 75.8 cm³/mol. The Kier molecular flexibility index (Phi) is 4.42. The maximum atomic E-state index is 5.44. The minimum absolute atomic E-state index is 0.273. The lowest BCUT2D eigenvalue weighted by Crippen LogP contribution is -2.18. The molecule has 0 fully saturated rings. The van der Waals surface area contributed by atoms with Crippen LogP contribution < -0.4 is 5.32 Å². The van der Waals surface area contributed by atoms with Gasteiger partial charge in [-0.05, 0) is 46.6 Å². The number of hydrogen-bond acceptors (Lipinski definition) is 2. The second kappa shape index (κ2) is 5.85. The van der Waals surface area contributed by atoms with E-state index in [4.69, 9.17) is 4.42 Å². The first-order valence-corrected chi connectivity index (χ1v) is 6.97. The highest BCUT2D eigenvalue weighted by atomic mass is 79.9. The van der Waals surface area contributed by atoms with Crippen molar-refractivity contribution in [2.45, 2.75) is 19.5 Å². The molecule has 0 aliphatic rings. The summed E-state index contributed by atoms with van der Waals surface area (Å²) in [5.41, 5.74) is 1.25. The van der Waals surface area contributed by atoms with Crippen LogP contribution in [-0.2, 0) is 6.54 Å². The zero-order valence-corrected chi connectivity index (χ0v) is 12.6. The van der Waals surface area contributed by atoms with Crippen LogP contribution in [0.3, 0.4) is 0 Å². The third-order valence-corrected chi connectivity index (χ3v) is 3.73. The van der Waals surface area contributed by atoms with Crippen molar-refractivity contribution >= 4 is 31.9 Å². The van der Waals surface area contributed by atoms with Gasteiger partial charge in [-0.25, -0.2) is 0 Å². The predicted octanol–water partition coefficient (Wildman–Crippen LogP) is 4.66. The van der Waals surface area contributed by atoms with Crippen LogP contribution in [0, 0.1) is 0 Å². The number of benzene rings is 1. The minimum Gasteiger partial charge on any atom is -0.453 e. The van der Waals surface area contributed by atoms with Crippen LogP contribution >= 0.6 is 31.9 Å². The fourth-order valence-corrected chi connectivity index (χ4v) is 2.60. The number of nitrogens with one attached hydrogen (secondary N) is 1. The summed E-state index contributed by atoms with van der Waals surface area (Å²) in [7, 11) is 0. The van der Waals surface area contributed by atoms with E-state index in [1.54, 1.807) is 0 Å². The normalized spacial score (nSPS) is 12.6. The number of hydrogen-bond donors (Lipinski definition) is 1. The maximum absolute atomic E-state index is 5.44. The second-order valence-corrected chi connectivity index (χ2v) is 5.47. The quantitative estimate of drug-likeness (QED) is 0.860. The van der Waals surface area contributed by atoms with Crippen molar-refractivity contribution in [2.24, 2.45) is 0 Å². The van der Waals surface area contributed by atoms with E-state index < -0.39 is 0 Å². The molecular formula is C13H13Br2NO. The first kappa shape index (κ1) is 12.9. The summed E-state index contributed by atoms with van der Waals surface area (Å²) >= 11 is 6.85. The molecule has 0 aliphatic carbocycles. The molecule has 2 nitrogen and oxygen atoms in total. The molecule has 0 saturated carbocycles. The lowest BCUT2D eigenvalue weighted by atomic mass is 10.1. The maximum Gasteiger partial charge on any atom is 0.169 e. The van der Waals surface area contributed by atoms with Gasteiger partial charge in [-0.15, -0.1) is 0 Å². The highest BCUT2D eigenvalue weighted by Gasteiger charge is 2.09. The molecule has 0 bridgehead atoms. The summed E-state index contributed by atoms with van der Waals surface area (Å²) in [6.07, 6.45) is 0. The second-order valence-electron chi connectivity index (χ2n) is 3.83. The van der Waals surface area contributed by atoms with Gasteiger partial charge in [0.15, 0.2) is 4.67 Å². The van der Waals surface area contributed by atoms with Crippen LogP contribution in [0.4, 0.5) is 0 Å². The monoisotopic (exact) mass is 357 g/mol. The molecular weight excluding hydrogens is 346 g/mol. The van der Waals surface area contributed by atoms with Crippen LogP contribution in [-0.4, -0.2) is 0 Å². The number of furan rings is 1. The van der Waals surface area contributed by atoms with Crippen molar-refractivity contribution < 1.29 is 4.42 Å². The van der Waals surface area contributed by atoms with Crippen LogP contribution in [0.1, 0.15) is 24.3 Å². The Morgan fingerprint density at radius 2 is 1.94 bits per heavy atom. The minimum atomic E-state index is 0.273. The summed E-state index contributed by atoms with van der Waals surface area (Å²) in [6, 6.07) is 12.4. The summed E-state index contributed by atoms with van der Waals surface area (Å²) in [4.78, 5) is 0. The molecule has 1 heterocycles. The van der Waals surface area contributed by atoms with Gasteiger partial charge in [-0.1, -0.05) is 34.1 Å². The summed E-state index contributed by atoms with van der Waals surface area (Å²) < 4.78 is 7.33. The van der Waals surface area contributed by atoms with Crippen LogP contribution in [0.2, 0.25) is 0 Å². The molecule has 0 spiro atoms. The smallest absolute Gasteiger partial charge is 0.169 e. The Morgan fingerprint density at radius 1 is 1.18 bits per heavy atom. The zero-order chi connectivity index (χ0) is 12.3. The SMILES string of the molecule is C[C@H](NCc1ccc(Br)o1)c1ccccc1Br. The lowest BCUT2D eigenvalue weighted by molar-refractivity contribution is 0.446. The summed E-state index contributed by atoms with van der Waals surface area (Å²) in [5.74, 6) is 0.927. The molecule has 4 heteroatoms. The van der Waals surface area contributed by atoms with Crippen LogP contribution in [0.5, 0.6) is 0 Å². The van der Waals surface area contributed by atoms with Gasteiger partial charge < -0.3 is 9.73 Å². The van der Waals surface area contributed by atoms with Crippen molar-refractivity contribution in [2.75, 3.05) is 0 Å². The van der Waals surface area contributed by atoms with Gasteiger partial charge in [0, 0.05) is 10.5 Å². The van der Waals surface area contributed by atoms with Gasteiger partial charge >= 0.3 is 0 Å². The van der Waals surface area contributed by atoms with E-state index in [-0.39, 0.29) is 6.04 Å². The molecule has 1 atom stereocenters. The standard InChI is InChI=1S/C13H13Br2NO/c1-9(11-4-2-3-5-12(11)14)16-8-10-6-7-13(15)17-10/h2-7,9,16H,8H2,1H3/t9-/m0/s1. The molecule has 0 aliphatic heterocycles.